The number of aromatic nitrogens is 1. The second-order valence-electron chi connectivity index (χ2n) is 6.22. The minimum atomic E-state index is -0.313. The summed E-state index contributed by atoms with van der Waals surface area (Å²) in [4.78, 5) is 16.9. The van der Waals surface area contributed by atoms with Gasteiger partial charge in [-0.15, -0.1) is 0 Å². The van der Waals surface area contributed by atoms with E-state index in [-0.39, 0.29) is 18.6 Å². The van der Waals surface area contributed by atoms with Crippen LogP contribution >= 0.6 is 0 Å². The van der Waals surface area contributed by atoms with Crippen LogP contribution in [0.15, 0.2) is 72.9 Å². The Morgan fingerprint density at radius 2 is 1.81 bits per heavy atom. The van der Waals surface area contributed by atoms with Gasteiger partial charge in [-0.05, 0) is 48.7 Å². The Morgan fingerprint density at radius 1 is 1.04 bits per heavy atom. The number of pyridine rings is 1. The predicted molar refractivity (Wildman–Crippen MR) is 102 cm³/mol. The van der Waals surface area contributed by atoms with E-state index in [0.717, 1.165) is 28.1 Å². The summed E-state index contributed by atoms with van der Waals surface area (Å²) in [5, 5.41) is 3.03. The Hall–Kier alpha value is -3.14. The molecule has 0 bridgehead atoms. The molecule has 3 aromatic rings. The van der Waals surface area contributed by atoms with E-state index in [9.17, 15) is 4.79 Å². The largest absolute Gasteiger partial charge is 0.483 e. The van der Waals surface area contributed by atoms with Gasteiger partial charge in [0.2, 0.25) is 0 Å². The number of benzene rings is 2. The number of hydrogen-bond acceptors (Lipinski definition) is 3. The van der Waals surface area contributed by atoms with Crippen LogP contribution in [-0.2, 0) is 4.79 Å². The lowest BCUT2D eigenvalue weighted by atomic mass is 10.0. The van der Waals surface area contributed by atoms with E-state index >= 15 is 0 Å². The molecule has 3 rings (SSSR count). The van der Waals surface area contributed by atoms with Crippen molar-refractivity contribution in [3.63, 3.8) is 0 Å². The number of carbonyl (C=O) groups is 1. The SMILES string of the molecule is Cc1ccc(C)c(OCC(=O)NC(c2ccccc2)c2ccccn2)c1. The number of nitrogens with zero attached hydrogens (tertiary/aromatic N) is 1. The number of amides is 1. The van der Waals surface area contributed by atoms with Gasteiger partial charge in [-0.1, -0.05) is 48.5 Å². The molecular formula is C22H22N2O2. The molecule has 0 saturated heterocycles. The van der Waals surface area contributed by atoms with Gasteiger partial charge in [0.05, 0.1) is 11.7 Å². The molecule has 4 heteroatoms. The Balaban J connectivity index is 1.72. The van der Waals surface area contributed by atoms with Gasteiger partial charge >= 0.3 is 0 Å². The minimum Gasteiger partial charge on any atom is -0.483 e. The van der Waals surface area contributed by atoms with Gasteiger partial charge in [0.15, 0.2) is 6.61 Å². The molecule has 0 saturated carbocycles. The third-order valence-corrected chi connectivity index (χ3v) is 4.12. The van der Waals surface area contributed by atoms with E-state index in [1.165, 1.54) is 0 Å². The second kappa shape index (κ2) is 8.30. The lowest BCUT2D eigenvalue weighted by molar-refractivity contribution is -0.123. The number of nitrogens with one attached hydrogen (secondary N) is 1. The van der Waals surface area contributed by atoms with Gasteiger partial charge in [-0.3, -0.25) is 9.78 Å². The fourth-order valence-corrected chi connectivity index (χ4v) is 2.73. The zero-order valence-electron chi connectivity index (χ0n) is 15.0. The van der Waals surface area contributed by atoms with Crippen LogP contribution in [0.25, 0.3) is 0 Å². The summed E-state index contributed by atoms with van der Waals surface area (Å²) in [6.45, 7) is 3.92. The lowest BCUT2D eigenvalue weighted by Crippen LogP contribution is -2.33. The first-order valence-corrected chi connectivity index (χ1v) is 8.59. The van der Waals surface area contributed by atoms with Crippen molar-refractivity contribution < 1.29 is 9.53 Å². The molecule has 0 fully saturated rings. The van der Waals surface area contributed by atoms with Crippen molar-refractivity contribution >= 4 is 5.91 Å². The summed E-state index contributed by atoms with van der Waals surface area (Å²) in [5.41, 5.74) is 3.87. The van der Waals surface area contributed by atoms with Gasteiger partial charge in [0.25, 0.3) is 5.91 Å². The van der Waals surface area contributed by atoms with Crippen LogP contribution in [0.1, 0.15) is 28.4 Å². The third-order valence-electron chi connectivity index (χ3n) is 4.12. The first-order valence-electron chi connectivity index (χ1n) is 8.59. The van der Waals surface area contributed by atoms with Crippen molar-refractivity contribution in [1.82, 2.24) is 10.3 Å². The predicted octanol–water partition coefficient (Wildman–Crippen LogP) is 3.98. The monoisotopic (exact) mass is 346 g/mol. The average Bonchev–Trinajstić information content (AvgIpc) is 2.68. The first-order chi connectivity index (χ1) is 12.6. The van der Waals surface area contributed by atoms with Crippen molar-refractivity contribution in [3.8, 4) is 5.75 Å². The third kappa shape index (κ3) is 4.48. The average molecular weight is 346 g/mol. The Labute approximate surface area is 153 Å². The highest BCUT2D eigenvalue weighted by molar-refractivity contribution is 5.78. The van der Waals surface area contributed by atoms with E-state index < -0.39 is 0 Å². The van der Waals surface area contributed by atoms with E-state index in [1.807, 2.05) is 80.6 Å². The van der Waals surface area contributed by atoms with E-state index in [2.05, 4.69) is 10.3 Å². The number of rotatable bonds is 6. The topological polar surface area (TPSA) is 51.2 Å². The molecule has 1 unspecified atom stereocenters. The van der Waals surface area contributed by atoms with E-state index in [0.29, 0.717) is 0 Å². The number of carbonyl (C=O) groups excluding carboxylic acids is 1. The lowest BCUT2D eigenvalue weighted by Gasteiger charge is -2.19. The Bertz CT molecular complexity index is 824. The van der Waals surface area contributed by atoms with Gasteiger partial charge in [0, 0.05) is 6.20 Å². The van der Waals surface area contributed by atoms with Crippen LogP contribution in [0.3, 0.4) is 0 Å². The Morgan fingerprint density at radius 3 is 2.54 bits per heavy atom. The van der Waals surface area contributed by atoms with Gasteiger partial charge < -0.3 is 10.1 Å². The molecule has 0 aliphatic carbocycles. The minimum absolute atomic E-state index is 0.0412. The summed E-state index contributed by atoms with van der Waals surface area (Å²) in [7, 11) is 0. The van der Waals surface area contributed by atoms with Gasteiger partial charge in [-0.25, -0.2) is 0 Å². The maximum absolute atomic E-state index is 12.5. The summed E-state index contributed by atoms with van der Waals surface area (Å²) >= 11 is 0. The molecule has 1 heterocycles. The highest BCUT2D eigenvalue weighted by Crippen LogP contribution is 2.21. The molecule has 0 spiro atoms. The summed E-state index contributed by atoms with van der Waals surface area (Å²) < 4.78 is 5.72. The number of hydrogen-bond donors (Lipinski definition) is 1. The number of ether oxygens (including phenoxy) is 1. The number of aryl methyl sites for hydroxylation is 2. The van der Waals surface area contributed by atoms with Crippen molar-refractivity contribution in [2.75, 3.05) is 6.61 Å². The maximum atomic E-state index is 12.5. The van der Waals surface area contributed by atoms with Crippen LogP contribution in [-0.4, -0.2) is 17.5 Å². The smallest absolute Gasteiger partial charge is 0.258 e. The fourth-order valence-electron chi connectivity index (χ4n) is 2.73. The first kappa shape index (κ1) is 17.7. The fraction of sp³-hybridized carbons (Fsp3) is 0.182. The molecule has 4 nitrogen and oxygen atoms in total. The van der Waals surface area contributed by atoms with E-state index in [4.69, 9.17) is 4.74 Å². The second-order valence-corrected chi connectivity index (χ2v) is 6.22. The summed E-state index contributed by atoms with van der Waals surface area (Å²) in [6, 6.07) is 21.1. The molecule has 0 radical (unpaired) electrons. The van der Waals surface area contributed by atoms with Crippen molar-refractivity contribution in [2.24, 2.45) is 0 Å². The standard InChI is InChI=1S/C22H22N2O2/c1-16-11-12-17(2)20(14-16)26-15-21(25)24-22(18-8-4-3-5-9-18)19-10-6-7-13-23-19/h3-14,22H,15H2,1-2H3,(H,24,25). The molecule has 1 amide bonds. The maximum Gasteiger partial charge on any atom is 0.258 e. The highest BCUT2D eigenvalue weighted by atomic mass is 16.5. The normalized spacial score (nSPS) is 11.6. The van der Waals surface area contributed by atoms with Crippen molar-refractivity contribution in [1.29, 1.82) is 0 Å². The molecular weight excluding hydrogens is 324 g/mol. The van der Waals surface area contributed by atoms with Gasteiger partial charge in [0.1, 0.15) is 5.75 Å². The van der Waals surface area contributed by atoms with Crippen LogP contribution in [0.5, 0.6) is 5.75 Å². The quantitative estimate of drug-likeness (QED) is 0.734. The van der Waals surface area contributed by atoms with Gasteiger partial charge in [-0.2, -0.15) is 0 Å². The summed E-state index contributed by atoms with van der Waals surface area (Å²) in [5.74, 6) is 0.541. The van der Waals surface area contributed by atoms with E-state index in [1.54, 1.807) is 6.20 Å². The van der Waals surface area contributed by atoms with Crippen LogP contribution < -0.4 is 10.1 Å². The molecule has 26 heavy (non-hydrogen) atoms. The zero-order chi connectivity index (χ0) is 18.4. The molecule has 1 atom stereocenters. The molecule has 0 aliphatic rings. The van der Waals surface area contributed by atoms with Crippen molar-refractivity contribution in [3.05, 3.63) is 95.3 Å². The molecule has 132 valence electrons. The molecule has 1 N–H and O–H groups in total. The molecule has 2 aromatic carbocycles. The van der Waals surface area contributed by atoms with Crippen LogP contribution in [0, 0.1) is 13.8 Å². The zero-order valence-corrected chi connectivity index (χ0v) is 15.0. The Kier molecular flexibility index (Phi) is 5.64. The highest BCUT2D eigenvalue weighted by Gasteiger charge is 2.18. The summed E-state index contributed by atoms with van der Waals surface area (Å²) in [6.07, 6.45) is 1.73. The molecule has 1 aromatic heterocycles. The van der Waals surface area contributed by atoms with Crippen LogP contribution in [0.4, 0.5) is 0 Å². The van der Waals surface area contributed by atoms with Crippen molar-refractivity contribution in [2.45, 2.75) is 19.9 Å². The molecule has 0 aliphatic heterocycles. The van der Waals surface area contributed by atoms with Crippen LogP contribution in [0.2, 0.25) is 0 Å².